The SMILES string of the molecule is CCN(CC)S(=O)(=O)c1ccc(NC(=O)CSc2n[nH]c(N/N=C\c3ccc(OC)cc3)n2)cc1. The molecule has 13 heteroatoms. The maximum absolute atomic E-state index is 12.6. The first-order valence-corrected chi connectivity index (χ1v) is 13.2. The third-order valence-electron chi connectivity index (χ3n) is 4.78. The summed E-state index contributed by atoms with van der Waals surface area (Å²) >= 11 is 1.15. The Kier molecular flexibility index (Phi) is 9.23. The topological polar surface area (TPSA) is 142 Å². The van der Waals surface area contributed by atoms with Crippen molar-refractivity contribution in [2.45, 2.75) is 23.9 Å². The number of aromatic amines is 1. The Balaban J connectivity index is 1.47. The van der Waals surface area contributed by atoms with Crippen LogP contribution >= 0.6 is 11.8 Å². The summed E-state index contributed by atoms with van der Waals surface area (Å²) in [7, 11) is -1.94. The fourth-order valence-corrected chi connectivity index (χ4v) is 5.03. The maximum atomic E-state index is 12.6. The normalized spacial score (nSPS) is 11.7. The average molecular weight is 518 g/mol. The minimum Gasteiger partial charge on any atom is -0.497 e. The number of ether oxygens (including phenoxy) is 1. The molecule has 1 amide bonds. The summed E-state index contributed by atoms with van der Waals surface area (Å²) in [4.78, 5) is 16.7. The Morgan fingerprint density at radius 2 is 1.83 bits per heavy atom. The van der Waals surface area contributed by atoms with E-state index >= 15 is 0 Å². The molecular formula is C22H27N7O4S2. The minimum absolute atomic E-state index is 0.0753. The molecule has 0 saturated heterocycles. The molecular weight excluding hydrogens is 490 g/mol. The van der Waals surface area contributed by atoms with Crippen LogP contribution in [0.5, 0.6) is 5.75 Å². The van der Waals surface area contributed by atoms with Gasteiger partial charge in [-0.25, -0.2) is 18.9 Å². The van der Waals surface area contributed by atoms with E-state index < -0.39 is 10.0 Å². The minimum atomic E-state index is -3.54. The summed E-state index contributed by atoms with van der Waals surface area (Å²) in [5, 5.41) is 13.9. The Hall–Kier alpha value is -3.42. The third kappa shape index (κ3) is 7.28. The first kappa shape index (κ1) is 26.2. The van der Waals surface area contributed by atoms with E-state index in [-0.39, 0.29) is 16.6 Å². The summed E-state index contributed by atoms with van der Waals surface area (Å²) in [6, 6.07) is 13.5. The fraction of sp³-hybridized carbons (Fsp3) is 0.273. The van der Waals surface area contributed by atoms with Gasteiger partial charge >= 0.3 is 0 Å². The van der Waals surface area contributed by atoms with Crippen molar-refractivity contribution in [2.75, 3.05) is 36.7 Å². The van der Waals surface area contributed by atoms with Crippen molar-refractivity contribution in [1.82, 2.24) is 19.5 Å². The number of nitrogens with one attached hydrogen (secondary N) is 3. The predicted molar refractivity (Wildman–Crippen MR) is 136 cm³/mol. The maximum Gasteiger partial charge on any atom is 0.243 e. The Morgan fingerprint density at radius 1 is 1.14 bits per heavy atom. The van der Waals surface area contributed by atoms with Gasteiger partial charge in [-0.2, -0.15) is 14.4 Å². The van der Waals surface area contributed by atoms with Crippen LogP contribution < -0.4 is 15.5 Å². The molecule has 0 aliphatic heterocycles. The monoisotopic (exact) mass is 517 g/mol. The van der Waals surface area contributed by atoms with Crippen LogP contribution in [-0.2, 0) is 14.8 Å². The number of hydrogen-bond donors (Lipinski definition) is 3. The molecule has 1 heterocycles. The van der Waals surface area contributed by atoms with E-state index in [1.807, 2.05) is 24.3 Å². The molecule has 0 fully saturated rings. The number of benzene rings is 2. The number of sulfonamides is 1. The number of rotatable bonds is 12. The Labute approximate surface area is 208 Å². The third-order valence-corrected chi connectivity index (χ3v) is 7.69. The van der Waals surface area contributed by atoms with Gasteiger partial charge in [-0.05, 0) is 54.1 Å². The van der Waals surface area contributed by atoms with Crippen LogP contribution in [0.25, 0.3) is 0 Å². The number of carbonyl (C=O) groups is 1. The summed E-state index contributed by atoms with van der Waals surface area (Å²) < 4.78 is 31.6. The summed E-state index contributed by atoms with van der Waals surface area (Å²) in [6.07, 6.45) is 1.63. The van der Waals surface area contributed by atoms with Crippen molar-refractivity contribution < 1.29 is 17.9 Å². The number of amides is 1. The number of aromatic nitrogens is 3. The lowest BCUT2D eigenvalue weighted by Crippen LogP contribution is -2.30. The molecule has 3 N–H and O–H groups in total. The van der Waals surface area contributed by atoms with Gasteiger partial charge in [-0.3, -0.25) is 4.79 Å². The molecule has 0 aliphatic carbocycles. The number of nitrogens with zero attached hydrogens (tertiary/aromatic N) is 4. The molecule has 0 atom stereocenters. The van der Waals surface area contributed by atoms with Gasteiger partial charge in [0.1, 0.15) is 5.75 Å². The van der Waals surface area contributed by atoms with Crippen LogP contribution in [0.4, 0.5) is 11.6 Å². The highest BCUT2D eigenvalue weighted by Crippen LogP contribution is 2.19. The number of carbonyl (C=O) groups excluding carboxylic acids is 1. The van der Waals surface area contributed by atoms with Crippen molar-refractivity contribution in [3.8, 4) is 5.75 Å². The lowest BCUT2D eigenvalue weighted by molar-refractivity contribution is -0.113. The highest BCUT2D eigenvalue weighted by Gasteiger charge is 2.21. The lowest BCUT2D eigenvalue weighted by atomic mass is 10.2. The van der Waals surface area contributed by atoms with E-state index in [0.717, 1.165) is 23.1 Å². The molecule has 186 valence electrons. The van der Waals surface area contributed by atoms with E-state index in [0.29, 0.717) is 29.9 Å². The second-order valence-electron chi connectivity index (χ2n) is 7.06. The highest BCUT2D eigenvalue weighted by atomic mass is 32.2. The highest BCUT2D eigenvalue weighted by molar-refractivity contribution is 7.99. The van der Waals surface area contributed by atoms with Crippen LogP contribution in [0.3, 0.4) is 0 Å². The molecule has 1 aromatic heterocycles. The van der Waals surface area contributed by atoms with Gasteiger partial charge in [0.15, 0.2) is 0 Å². The van der Waals surface area contributed by atoms with E-state index in [9.17, 15) is 13.2 Å². The molecule has 2 aromatic carbocycles. The summed E-state index contributed by atoms with van der Waals surface area (Å²) in [5.74, 6) is 0.900. The zero-order chi connectivity index (χ0) is 25.3. The molecule has 0 saturated carbocycles. The second-order valence-corrected chi connectivity index (χ2v) is 9.94. The molecule has 3 rings (SSSR count). The molecule has 11 nitrogen and oxygen atoms in total. The van der Waals surface area contributed by atoms with Gasteiger partial charge in [-0.15, -0.1) is 5.10 Å². The number of hydrazone groups is 1. The molecule has 0 unspecified atom stereocenters. The van der Waals surface area contributed by atoms with Gasteiger partial charge in [0.25, 0.3) is 0 Å². The second kappa shape index (κ2) is 12.3. The van der Waals surface area contributed by atoms with Crippen LogP contribution in [0.2, 0.25) is 0 Å². The average Bonchev–Trinajstić information content (AvgIpc) is 3.32. The van der Waals surface area contributed by atoms with Crippen LogP contribution in [0.15, 0.2) is 63.7 Å². The van der Waals surface area contributed by atoms with Gasteiger partial charge in [-0.1, -0.05) is 25.6 Å². The quantitative estimate of drug-likeness (QED) is 0.189. The standard InChI is InChI=1S/C22H27N7O4S2/c1-4-29(5-2)35(31,32)19-12-8-17(9-13-19)24-20(30)15-34-22-25-21(27-28-22)26-23-14-16-6-10-18(33-3)11-7-16/h6-14H,4-5,15H2,1-3H3,(H,24,30)(H2,25,26,27,28)/b23-14-. The fourth-order valence-electron chi connectivity index (χ4n) is 2.97. The molecule has 0 spiro atoms. The van der Waals surface area contributed by atoms with E-state index in [1.54, 1.807) is 39.3 Å². The van der Waals surface area contributed by atoms with Gasteiger partial charge in [0.05, 0.1) is 24.0 Å². The molecule has 0 radical (unpaired) electrons. The van der Waals surface area contributed by atoms with Crippen molar-refractivity contribution in [2.24, 2.45) is 5.10 Å². The van der Waals surface area contributed by atoms with Crippen LogP contribution in [0.1, 0.15) is 19.4 Å². The molecule has 0 aliphatic rings. The number of H-pyrrole nitrogens is 1. The van der Waals surface area contributed by atoms with E-state index in [2.05, 4.69) is 31.0 Å². The zero-order valence-corrected chi connectivity index (χ0v) is 21.2. The van der Waals surface area contributed by atoms with Crippen molar-refractivity contribution in [3.63, 3.8) is 0 Å². The Bertz CT molecular complexity index is 1240. The largest absolute Gasteiger partial charge is 0.497 e. The predicted octanol–water partition coefficient (Wildman–Crippen LogP) is 3.02. The molecule has 3 aromatic rings. The zero-order valence-electron chi connectivity index (χ0n) is 19.6. The molecule has 0 bridgehead atoms. The molecule has 35 heavy (non-hydrogen) atoms. The van der Waals surface area contributed by atoms with E-state index in [4.69, 9.17) is 4.74 Å². The van der Waals surface area contributed by atoms with Crippen LogP contribution in [-0.4, -0.2) is 66.0 Å². The number of hydrogen-bond acceptors (Lipinski definition) is 9. The first-order chi connectivity index (χ1) is 16.8. The summed E-state index contributed by atoms with van der Waals surface area (Å²) in [5.41, 5.74) is 4.12. The number of anilines is 2. The van der Waals surface area contributed by atoms with Gasteiger partial charge in [0, 0.05) is 18.8 Å². The first-order valence-electron chi connectivity index (χ1n) is 10.7. The number of methoxy groups -OCH3 is 1. The van der Waals surface area contributed by atoms with Gasteiger partial charge in [0.2, 0.25) is 27.0 Å². The van der Waals surface area contributed by atoms with E-state index in [1.165, 1.54) is 16.4 Å². The van der Waals surface area contributed by atoms with Crippen molar-refractivity contribution in [3.05, 3.63) is 54.1 Å². The van der Waals surface area contributed by atoms with Crippen molar-refractivity contribution in [1.29, 1.82) is 0 Å². The Morgan fingerprint density at radius 3 is 2.46 bits per heavy atom. The number of thioether (sulfide) groups is 1. The van der Waals surface area contributed by atoms with Crippen LogP contribution in [0, 0.1) is 0 Å². The lowest BCUT2D eigenvalue weighted by Gasteiger charge is -2.18. The van der Waals surface area contributed by atoms with Crippen molar-refractivity contribution >= 4 is 45.5 Å². The van der Waals surface area contributed by atoms with Gasteiger partial charge < -0.3 is 10.1 Å². The smallest absolute Gasteiger partial charge is 0.243 e. The summed E-state index contributed by atoms with van der Waals surface area (Å²) in [6.45, 7) is 4.36.